The van der Waals surface area contributed by atoms with Crippen molar-refractivity contribution < 1.29 is 9.53 Å². The number of nitrogens with zero attached hydrogens (tertiary/aromatic N) is 1. The highest BCUT2D eigenvalue weighted by Crippen LogP contribution is 2.17. The molecule has 0 saturated carbocycles. The normalized spacial score (nSPS) is 12.3. The van der Waals surface area contributed by atoms with Crippen LogP contribution in [0.1, 0.15) is 38.6 Å². The molecule has 0 aliphatic rings. The standard InChI is InChI=1S/C15H25N3O2/c1-10(2)7-8-17-15(19)12(4)20-14-6-5-11(3)18-13(14)9-16/h5-6,10,12H,7-9,16H2,1-4H3,(H,17,19). The lowest BCUT2D eigenvalue weighted by Gasteiger charge is -2.17. The lowest BCUT2D eigenvalue weighted by Crippen LogP contribution is -2.37. The van der Waals surface area contributed by atoms with E-state index in [9.17, 15) is 4.79 Å². The van der Waals surface area contributed by atoms with Crippen LogP contribution in [0.2, 0.25) is 0 Å². The molecule has 1 unspecified atom stereocenters. The van der Waals surface area contributed by atoms with Gasteiger partial charge in [0.25, 0.3) is 5.91 Å². The molecule has 0 aliphatic heterocycles. The third-order valence-electron chi connectivity index (χ3n) is 2.96. The zero-order valence-electron chi connectivity index (χ0n) is 12.8. The molecule has 0 bridgehead atoms. The van der Waals surface area contributed by atoms with Crippen LogP contribution in [0.5, 0.6) is 5.75 Å². The van der Waals surface area contributed by atoms with Gasteiger partial charge in [-0.05, 0) is 38.3 Å². The summed E-state index contributed by atoms with van der Waals surface area (Å²) in [6.07, 6.45) is 0.399. The van der Waals surface area contributed by atoms with Crippen LogP contribution in [-0.2, 0) is 11.3 Å². The van der Waals surface area contributed by atoms with Crippen LogP contribution in [0, 0.1) is 12.8 Å². The molecular formula is C15H25N3O2. The molecule has 1 heterocycles. The predicted molar refractivity (Wildman–Crippen MR) is 79.4 cm³/mol. The molecule has 0 aliphatic carbocycles. The molecule has 112 valence electrons. The smallest absolute Gasteiger partial charge is 0.260 e. The SMILES string of the molecule is Cc1ccc(OC(C)C(=O)NCCC(C)C)c(CN)n1. The number of carbonyl (C=O) groups excluding carboxylic acids is 1. The van der Waals surface area contributed by atoms with Gasteiger partial charge in [0.05, 0.1) is 5.69 Å². The van der Waals surface area contributed by atoms with E-state index in [1.807, 2.05) is 19.1 Å². The first kappa shape index (κ1) is 16.4. The van der Waals surface area contributed by atoms with E-state index in [4.69, 9.17) is 10.5 Å². The van der Waals surface area contributed by atoms with E-state index in [-0.39, 0.29) is 5.91 Å². The van der Waals surface area contributed by atoms with E-state index in [1.165, 1.54) is 0 Å². The van der Waals surface area contributed by atoms with Crippen molar-refractivity contribution in [2.24, 2.45) is 11.7 Å². The first-order chi connectivity index (χ1) is 9.43. The molecule has 5 nitrogen and oxygen atoms in total. The number of pyridine rings is 1. The number of ether oxygens (including phenoxy) is 1. The van der Waals surface area contributed by atoms with Crippen LogP contribution < -0.4 is 15.8 Å². The Balaban J connectivity index is 2.57. The van der Waals surface area contributed by atoms with Crippen LogP contribution >= 0.6 is 0 Å². The number of hydrogen-bond acceptors (Lipinski definition) is 4. The lowest BCUT2D eigenvalue weighted by molar-refractivity contribution is -0.127. The summed E-state index contributed by atoms with van der Waals surface area (Å²) in [6, 6.07) is 3.65. The third kappa shape index (κ3) is 5.17. The van der Waals surface area contributed by atoms with E-state index in [2.05, 4.69) is 24.1 Å². The highest BCUT2D eigenvalue weighted by Gasteiger charge is 2.16. The first-order valence-corrected chi connectivity index (χ1v) is 7.05. The Morgan fingerprint density at radius 3 is 2.70 bits per heavy atom. The molecule has 1 amide bonds. The van der Waals surface area contributed by atoms with Crippen LogP contribution in [-0.4, -0.2) is 23.5 Å². The average Bonchev–Trinajstić information content (AvgIpc) is 2.40. The molecule has 0 aromatic carbocycles. The van der Waals surface area contributed by atoms with Gasteiger partial charge < -0.3 is 15.8 Å². The van der Waals surface area contributed by atoms with Gasteiger partial charge in [0.1, 0.15) is 5.75 Å². The largest absolute Gasteiger partial charge is 0.479 e. The van der Waals surface area contributed by atoms with Gasteiger partial charge in [0.2, 0.25) is 0 Å². The molecule has 1 aromatic rings. The second kappa shape index (κ2) is 7.85. The summed E-state index contributed by atoms with van der Waals surface area (Å²) in [4.78, 5) is 16.2. The molecule has 3 N–H and O–H groups in total. The van der Waals surface area contributed by atoms with Crippen molar-refractivity contribution >= 4 is 5.91 Å². The van der Waals surface area contributed by atoms with E-state index in [0.29, 0.717) is 30.5 Å². The summed E-state index contributed by atoms with van der Waals surface area (Å²) in [7, 11) is 0. The number of nitrogens with one attached hydrogen (secondary N) is 1. The zero-order chi connectivity index (χ0) is 15.1. The quantitative estimate of drug-likeness (QED) is 0.797. The van der Waals surface area contributed by atoms with E-state index in [1.54, 1.807) is 6.92 Å². The second-order valence-electron chi connectivity index (χ2n) is 5.34. The number of carbonyl (C=O) groups is 1. The lowest BCUT2D eigenvalue weighted by atomic mass is 10.1. The summed E-state index contributed by atoms with van der Waals surface area (Å²) in [5.41, 5.74) is 7.20. The van der Waals surface area contributed by atoms with E-state index in [0.717, 1.165) is 12.1 Å². The first-order valence-electron chi connectivity index (χ1n) is 7.05. The van der Waals surface area contributed by atoms with Gasteiger partial charge in [0.15, 0.2) is 6.10 Å². The molecule has 0 fully saturated rings. The molecular weight excluding hydrogens is 254 g/mol. The molecule has 1 rings (SSSR count). The Bertz CT molecular complexity index is 447. The number of amides is 1. The maximum atomic E-state index is 11.9. The molecule has 0 spiro atoms. The summed E-state index contributed by atoms with van der Waals surface area (Å²) in [5.74, 6) is 1.02. The highest BCUT2D eigenvalue weighted by atomic mass is 16.5. The van der Waals surface area contributed by atoms with Crippen LogP contribution in [0.3, 0.4) is 0 Å². The minimum absolute atomic E-state index is 0.116. The van der Waals surface area contributed by atoms with Crippen molar-refractivity contribution in [2.45, 2.75) is 46.8 Å². The van der Waals surface area contributed by atoms with Gasteiger partial charge in [-0.3, -0.25) is 9.78 Å². The minimum Gasteiger partial charge on any atom is -0.479 e. The third-order valence-corrected chi connectivity index (χ3v) is 2.96. The fourth-order valence-electron chi connectivity index (χ4n) is 1.72. The van der Waals surface area contributed by atoms with E-state index >= 15 is 0 Å². The van der Waals surface area contributed by atoms with Gasteiger partial charge in [-0.15, -0.1) is 0 Å². The van der Waals surface area contributed by atoms with Crippen molar-refractivity contribution in [3.8, 4) is 5.75 Å². The van der Waals surface area contributed by atoms with Crippen molar-refractivity contribution in [1.29, 1.82) is 0 Å². The maximum Gasteiger partial charge on any atom is 0.260 e. The summed E-state index contributed by atoms with van der Waals surface area (Å²) in [5, 5.41) is 2.87. The fraction of sp³-hybridized carbons (Fsp3) is 0.600. The highest BCUT2D eigenvalue weighted by molar-refractivity contribution is 5.80. The van der Waals surface area contributed by atoms with Gasteiger partial charge in [-0.2, -0.15) is 0 Å². The second-order valence-corrected chi connectivity index (χ2v) is 5.34. The Labute approximate surface area is 120 Å². The maximum absolute atomic E-state index is 11.9. The Morgan fingerprint density at radius 2 is 2.10 bits per heavy atom. The molecule has 1 atom stereocenters. The molecule has 0 saturated heterocycles. The molecule has 1 aromatic heterocycles. The number of hydrogen-bond donors (Lipinski definition) is 2. The number of aryl methyl sites for hydroxylation is 1. The fourth-order valence-corrected chi connectivity index (χ4v) is 1.72. The van der Waals surface area contributed by atoms with Gasteiger partial charge in [-0.25, -0.2) is 0 Å². The van der Waals surface area contributed by atoms with Crippen LogP contribution in [0.25, 0.3) is 0 Å². The van der Waals surface area contributed by atoms with Crippen LogP contribution in [0.4, 0.5) is 0 Å². The number of rotatable bonds is 7. The molecule has 0 radical (unpaired) electrons. The Morgan fingerprint density at radius 1 is 1.40 bits per heavy atom. The van der Waals surface area contributed by atoms with E-state index < -0.39 is 6.10 Å². The average molecular weight is 279 g/mol. The van der Waals surface area contributed by atoms with Crippen molar-refractivity contribution in [3.63, 3.8) is 0 Å². The minimum atomic E-state index is -0.558. The predicted octanol–water partition coefficient (Wildman–Crippen LogP) is 1.78. The molecule has 5 heteroatoms. The van der Waals surface area contributed by atoms with Gasteiger partial charge >= 0.3 is 0 Å². The van der Waals surface area contributed by atoms with Gasteiger partial charge in [0, 0.05) is 18.8 Å². The summed E-state index contributed by atoms with van der Waals surface area (Å²) < 4.78 is 5.66. The van der Waals surface area contributed by atoms with Crippen molar-refractivity contribution in [3.05, 3.63) is 23.5 Å². The number of aromatic nitrogens is 1. The van der Waals surface area contributed by atoms with Crippen LogP contribution in [0.15, 0.2) is 12.1 Å². The summed E-state index contributed by atoms with van der Waals surface area (Å²) in [6.45, 7) is 8.82. The van der Waals surface area contributed by atoms with Gasteiger partial charge in [-0.1, -0.05) is 13.8 Å². The molecule has 20 heavy (non-hydrogen) atoms. The Hall–Kier alpha value is -1.62. The topological polar surface area (TPSA) is 77.2 Å². The zero-order valence-corrected chi connectivity index (χ0v) is 12.8. The van der Waals surface area contributed by atoms with Crippen molar-refractivity contribution in [2.75, 3.05) is 6.54 Å². The number of nitrogens with two attached hydrogens (primary N) is 1. The van der Waals surface area contributed by atoms with Crippen molar-refractivity contribution in [1.82, 2.24) is 10.3 Å². The monoisotopic (exact) mass is 279 g/mol. The Kier molecular flexibility index (Phi) is 6.45. The summed E-state index contributed by atoms with van der Waals surface area (Å²) >= 11 is 0.